The van der Waals surface area contributed by atoms with Gasteiger partial charge in [-0.1, -0.05) is 0 Å². The normalized spacial score (nSPS) is 16.6. The van der Waals surface area contributed by atoms with Crippen LogP contribution in [0.15, 0.2) is 36.5 Å². The van der Waals surface area contributed by atoms with Crippen LogP contribution < -0.4 is 14.2 Å². The molecule has 2 heterocycles. The molecule has 6 heteroatoms. The summed E-state index contributed by atoms with van der Waals surface area (Å²) >= 11 is 0. The molecule has 1 aliphatic heterocycles. The van der Waals surface area contributed by atoms with Crippen molar-refractivity contribution in [3.05, 3.63) is 47.7 Å². The van der Waals surface area contributed by atoms with E-state index in [2.05, 4.69) is 4.98 Å². The molecule has 1 unspecified atom stereocenters. The van der Waals surface area contributed by atoms with Gasteiger partial charge in [0.2, 0.25) is 5.88 Å². The molecule has 25 heavy (non-hydrogen) atoms. The Balaban J connectivity index is 1.78. The number of pyridine rings is 1. The molecule has 6 nitrogen and oxygen atoms in total. The van der Waals surface area contributed by atoms with Crippen molar-refractivity contribution < 1.29 is 19.0 Å². The van der Waals surface area contributed by atoms with E-state index in [0.717, 1.165) is 23.5 Å². The molecule has 2 aromatic rings. The maximum atomic E-state index is 12.8. The van der Waals surface area contributed by atoms with Crippen LogP contribution in [0.5, 0.6) is 17.4 Å². The molecule has 1 aromatic heterocycles. The van der Waals surface area contributed by atoms with Crippen LogP contribution in [0, 0.1) is 0 Å². The Morgan fingerprint density at radius 2 is 1.96 bits per heavy atom. The summed E-state index contributed by atoms with van der Waals surface area (Å²) in [6.45, 7) is 1.35. The van der Waals surface area contributed by atoms with E-state index in [1.807, 2.05) is 23.1 Å². The molecule has 132 valence electrons. The molecule has 1 aliphatic rings. The quantitative estimate of drug-likeness (QED) is 0.836. The number of hydrogen-bond donors (Lipinski definition) is 0. The Hall–Kier alpha value is -2.76. The van der Waals surface area contributed by atoms with Gasteiger partial charge in [-0.2, -0.15) is 0 Å². The van der Waals surface area contributed by atoms with Gasteiger partial charge in [-0.3, -0.25) is 4.79 Å². The third-order valence-corrected chi connectivity index (χ3v) is 4.54. The topological polar surface area (TPSA) is 60.9 Å². The van der Waals surface area contributed by atoms with Crippen LogP contribution in [-0.2, 0) is 0 Å². The van der Waals surface area contributed by atoms with Gasteiger partial charge in [0.05, 0.1) is 21.3 Å². The third kappa shape index (κ3) is 3.52. The van der Waals surface area contributed by atoms with Crippen LogP contribution in [-0.4, -0.2) is 50.2 Å². The minimum Gasteiger partial charge on any atom is -0.497 e. The first-order valence-corrected chi connectivity index (χ1v) is 8.17. The highest BCUT2D eigenvalue weighted by Gasteiger charge is 2.30. The summed E-state index contributed by atoms with van der Waals surface area (Å²) in [5.41, 5.74) is 1.66. The van der Waals surface area contributed by atoms with E-state index in [-0.39, 0.29) is 11.8 Å². The molecule has 1 aromatic carbocycles. The highest BCUT2D eigenvalue weighted by Crippen LogP contribution is 2.36. The van der Waals surface area contributed by atoms with Gasteiger partial charge in [0, 0.05) is 42.4 Å². The molecule has 0 N–H and O–H groups in total. The number of nitrogens with zero attached hydrogens (tertiary/aromatic N) is 2. The smallest absolute Gasteiger partial charge is 0.254 e. The summed E-state index contributed by atoms with van der Waals surface area (Å²) in [4.78, 5) is 18.7. The van der Waals surface area contributed by atoms with Crippen LogP contribution in [0.1, 0.15) is 28.3 Å². The Labute approximate surface area is 147 Å². The van der Waals surface area contributed by atoms with E-state index in [1.54, 1.807) is 32.5 Å². The fourth-order valence-electron chi connectivity index (χ4n) is 3.19. The number of likely N-dealkylation sites (tertiary alicyclic amines) is 1. The van der Waals surface area contributed by atoms with Gasteiger partial charge >= 0.3 is 0 Å². The fraction of sp³-hybridized carbons (Fsp3) is 0.368. The maximum absolute atomic E-state index is 12.8. The summed E-state index contributed by atoms with van der Waals surface area (Å²) in [5, 5.41) is 0. The lowest BCUT2D eigenvalue weighted by atomic mass is 9.97. The molecular weight excluding hydrogens is 320 g/mol. The lowest BCUT2D eigenvalue weighted by Gasteiger charge is -2.18. The lowest BCUT2D eigenvalue weighted by molar-refractivity contribution is 0.0790. The van der Waals surface area contributed by atoms with Crippen LogP contribution in [0.25, 0.3) is 0 Å². The van der Waals surface area contributed by atoms with Crippen molar-refractivity contribution in [1.29, 1.82) is 0 Å². The van der Waals surface area contributed by atoms with Gasteiger partial charge in [-0.15, -0.1) is 0 Å². The summed E-state index contributed by atoms with van der Waals surface area (Å²) < 4.78 is 15.9. The zero-order valence-corrected chi connectivity index (χ0v) is 14.7. The second kappa shape index (κ2) is 7.42. The van der Waals surface area contributed by atoms with Crippen molar-refractivity contribution in [2.45, 2.75) is 12.3 Å². The molecule has 1 saturated heterocycles. The maximum Gasteiger partial charge on any atom is 0.254 e. The molecule has 1 amide bonds. The average Bonchev–Trinajstić information content (AvgIpc) is 3.16. The number of carbonyl (C=O) groups is 1. The van der Waals surface area contributed by atoms with E-state index in [1.165, 1.54) is 7.11 Å². The van der Waals surface area contributed by atoms with E-state index >= 15 is 0 Å². The van der Waals surface area contributed by atoms with Crippen molar-refractivity contribution in [3.63, 3.8) is 0 Å². The number of amides is 1. The number of ether oxygens (including phenoxy) is 3. The molecule has 0 spiro atoms. The predicted molar refractivity (Wildman–Crippen MR) is 93.6 cm³/mol. The molecule has 3 rings (SSSR count). The largest absolute Gasteiger partial charge is 0.497 e. The molecular formula is C19H22N2O4. The Morgan fingerprint density at radius 1 is 1.12 bits per heavy atom. The SMILES string of the molecule is COc1ccc(OC)c(C2CCN(C(=O)c3ccnc(OC)c3)C2)c1. The van der Waals surface area contributed by atoms with E-state index < -0.39 is 0 Å². The second-order valence-electron chi connectivity index (χ2n) is 5.93. The summed E-state index contributed by atoms with van der Waals surface area (Å²) in [6, 6.07) is 9.16. The van der Waals surface area contributed by atoms with Crippen LogP contribution >= 0.6 is 0 Å². The van der Waals surface area contributed by atoms with Gasteiger partial charge in [-0.25, -0.2) is 4.98 Å². The standard InChI is InChI=1S/C19H22N2O4/c1-23-15-4-5-17(24-2)16(11-15)14-7-9-21(12-14)19(22)13-6-8-20-18(10-13)25-3/h4-6,8,10-11,14H,7,9,12H2,1-3H3. The first-order valence-electron chi connectivity index (χ1n) is 8.17. The minimum atomic E-state index is -0.00920. The van der Waals surface area contributed by atoms with Crippen LogP contribution in [0.2, 0.25) is 0 Å². The molecule has 0 radical (unpaired) electrons. The first kappa shape index (κ1) is 17.1. The van der Waals surface area contributed by atoms with Crippen molar-refractivity contribution >= 4 is 5.91 Å². The number of carbonyl (C=O) groups excluding carboxylic acids is 1. The minimum absolute atomic E-state index is 0.00920. The van der Waals surface area contributed by atoms with E-state index in [0.29, 0.717) is 24.5 Å². The van der Waals surface area contributed by atoms with Crippen molar-refractivity contribution in [2.75, 3.05) is 34.4 Å². The van der Waals surface area contributed by atoms with Crippen molar-refractivity contribution in [3.8, 4) is 17.4 Å². The third-order valence-electron chi connectivity index (χ3n) is 4.54. The van der Waals surface area contributed by atoms with Crippen molar-refractivity contribution in [2.24, 2.45) is 0 Å². The van der Waals surface area contributed by atoms with E-state index in [4.69, 9.17) is 14.2 Å². The monoisotopic (exact) mass is 342 g/mol. The lowest BCUT2D eigenvalue weighted by Crippen LogP contribution is -2.28. The van der Waals surface area contributed by atoms with Gasteiger partial charge in [0.15, 0.2) is 0 Å². The van der Waals surface area contributed by atoms with Crippen LogP contribution in [0.3, 0.4) is 0 Å². The van der Waals surface area contributed by atoms with Crippen molar-refractivity contribution in [1.82, 2.24) is 9.88 Å². The van der Waals surface area contributed by atoms with Gasteiger partial charge < -0.3 is 19.1 Å². The number of benzene rings is 1. The van der Waals surface area contributed by atoms with Gasteiger partial charge in [0.25, 0.3) is 5.91 Å². The molecule has 1 fully saturated rings. The molecule has 1 atom stereocenters. The number of hydrogen-bond acceptors (Lipinski definition) is 5. The Kier molecular flexibility index (Phi) is 5.07. The Bertz CT molecular complexity index is 763. The fourth-order valence-corrected chi connectivity index (χ4v) is 3.19. The highest BCUT2D eigenvalue weighted by molar-refractivity contribution is 5.94. The average molecular weight is 342 g/mol. The zero-order valence-electron chi connectivity index (χ0n) is 14.7. The zero-order chi connectivity index (χ0) is 17.8. The number of aromatic nitrogens is 1. The first-order chi connectivity index (χ1) is 12.2. The molecule has 0 saturated carbocycles. The second-order valence-corrected chi connectivity index (χ2v) is 5.93. The Morgan fingerprint density at radius 3 is 2.68 bits per heavy atom. The number of rotatable bonds is 5. The van der Waals surface area contributed by atoms with Crippen LogP contribution in [0.4, 0.5) is 0 Å². The summed E-state index contributed by atoms with van der Waals surface area (Å²) in [6.07, 6.45) is 2.47. The highest BCUT2D eigenvalue weighted by atomic mass is 16.5. The summed E-state index contributed by atoms with van der Waals surface area (Å²) in [7, 11) is 4.84. The van der Waals surface area contributed by atoms with Gasteiger partial charge in [0.1, 0.15) is 11.5 Å². The summed E-state index contributed by atoms with van der Waals surface area (Å²) in [5.74, 6) is 2.27. The van der Waals surface area contributed by atoms with Gasteiger partial charge in [-0.05, 0) is 30.7 Å². The molecule has 0 bridgehead atoms. The molecule has 0 aliphatic carbocycles. The predicted octanol–water partition coefficient (Wildman–Crippen LogP) is 2.74. The number of methoxy groups -OCH3 is 3. The van der Waals surface area contributed by atoms with E-state index in [9.17, 15) is 4.79 Å².